The number of aromatic nitrogens is 1. The van der Waals surface area contributed by atoms with Crippen LogP contribution in [-0.4, -0.2) is 43.6 Å². The molecule has 0 atom stereocenters. The summed E-state index contributed by atoms with van der Waals surface area (Å²) in [4.78, 5) is 11.8. The van der Waals surface area contributed by atoms with E-state index in [0.717, 1.165) is 23.9 Å². The third-order valence-electron chi connectivity index (χ3n) is 2.24. The molecule has 0 aliphatic rings. The van der Waals surface area contributed by atoms with E-state index in [1.54, 1.807) is 0 Å². The van der Waals surface area contributed by atoms with Crippen molar-refractivity contribution in [1.82, 2.24) is 9.47 Å². The lowest BCUT2D eigenvalue weighted by molar-refractivity contribution is -0.138. The molecule has 19 heavy (non-hydrogen) atoms. The van der Waals surface area contributed by atoms with Crippen LogP contribution in [0.5, 0.6) is 0 Å². The number of nitrogens with zero attached hydrogens (tertiary/aromatic N) is 2. The minimum Gasteiger partial charge on any atom is -0.345 e. The second kappa shape index (κ2) is 5.04. The molecule has 0 saturated heterocycles. The Kier molecular flexibility index (Phi) is 4.20. The molecular formula is C9H10ClF3N2O3S. The van der Waals surface area contributed by atoms with Gasteiger partial charge in [0.05, 0.1) is 0 Å². The molecule has 1 aromatic rings. The number of aryl methyl sites for hydroxylation is 1. The Hall–Kier alpha value is -1.22. The first-order valence-electron chi connectivity index (χ1n) is 4.85. The summed E-state index contributed by atoms with van der Waals surface area (Å²) in [7, 11) is 3.35. The predicted octanol–water partition coefficient (Wildman–Crippen LogP) is 1.59. The molecule has 1 amide bonds. The van der Waals surface area contributed by atoms with E-state index in [0.29, 0.717) is 4.90 Å². The van der Waals surface area contributed by atoms with E-state index in [1.807, 2.05) is 0 Å². The van der Waals surface area contributed by atoms with Crippen molar-refractivity contribution in [3.63, 3.8) is 0 Å². The van der Waals surface area contributed by atoms with Crippen molar-refractivity contribution < 1.29 is 26.4 Å². The zero-order valence-electron chi connectivity index (χ0n) is 9.90. The molecule has 0 fully saturated rings. The van der Waals surface area contributed by atoms with Gasteiger partial charge in [0.2, 0.25) is 0 Å². The van der Waals surface area contributed by atoms with Gasteiger partial charge in [-0.15, -0.1) is 0 Å². The van der Waals surface area contributed by atoms with E-state index in [4.69, 9.17) is 10.7 Å². The van der Waals surface area contributed by atoms with Gasteiger partial charge in [-0.05, 0) is 6.07 Å². The van der Waals surface area contributed by atoms with E-state index in [9.17, 15) is 26.4 Å². The van der Waals surface area contributed by atoms with Crippen LogP contribution in [0.4, 0.5) is 13.2 Å². The third kappa shape index (κ3) is 4.13. The highest BCUT2D eigenvalue weighted by atomic mass is 35.7. The van der Waals surface area contributed by atoms with Crippen molar-refractivity contribution in [2.75, 3.05) is 13.6 Å². The van der Waals surface area contributed by atoms with Gasteiger partial charge in [0, 0.05) is 31.0 Å². The van der Waals surface area contributed by atoms with Gasteiger partial charge in [0.25, 0.3) is 15.0 Å². The molecule has 108 valence electrons. The van der Waals surface area contributed by atoms with E-state index in [-0.39, 0.29) is 10.6 Å². The summed E-state index contributed by atoms with van der Waals surface area (Å²) in [6.45, 7) is -1.43. The highest BCUT2D eigenvalue weighted by molar-refractivity contribution is 8.13. The molecule has 0 aromatic carbocycles. The number of hydrogen-bond acceptors (Lipinski definition) is 3. The van der Waals surface area contributed by atoms with E-state index in [2.05, 4.69) is 0 Å². The highest BCUT2D eigenvalue weighted by Gasteiger charge is 2.32. The Bertz CT molecular complexity index is 594. The first kappa shape index (κ1) is 15.8. The molecule has 0 aliphatic heterocycles. The van der Waals surface area contributed by atoms with E-state index >= 15 is 0 Å². The SMILES string of the molecule is CN(CC(F)(F)F)C(=O)c1cc(S(=O)(=O)Cl)cn1C. The van der Waals surface area contributed by atoms with Crippen LogP contribution in [0.15, 0.2) is 17.2 Å². The van der Waals surface area contributed by atoms with E-state index in [1.165, 1.54) is 7.05 Å². The number of carbonyl (C=O) groups excluding carboxylic acids is 1. The van der Waals surface area contributed by atoms with Crippen LogP contribution in [0, 0.1) is 0 Å². The zero-order valence-corrected chi connectivity index (χ0v) is 11.5. The van der Waals surface area contributed by atoms with Gasteiger partial charge in [-0.3, -0.25) is 4.79 Å². The summed E-state index contributed by atoms with van der Waals surface area (Å²) >= 11 is 0. The van der Waals surface area contributed by atoms with Gasteiger partial charge in [-0.25, -0.2) is 8.42 Å². The predicted molar refractivity (Wildman–Crippen MR) is 61.5 cm³/mol. The maximum Gasteiger partial charge on any atom is 0.406 e. The fraction of sp³-hybridized carbons (Fsp3) is 0.444. The lowest BCUT2D eigenvalue weighted by atomic mass is 10.3. The first-order valence-corrected chi connectivity index (χ1v) is 7.16. The number of rotatable bonds is 3. The van der Waals surface area contributed by atoms with Crippen LogP contribution >= 0.6 is 10.7 Å². The molecule has 5 nitrogen and oxygen atoms in total. The number of halogens is 4. The molecule has 0 unspecified atom stereocenters. The number of alkyl halides is 3. The average molecular weight is 319 g/mol. The fourth-order valence-corrected chi connectivity index (χ4v) is 2.21. The second-order valence-electron chi connectivity index (χ2n) is 3.89. The standard InChI is InChI=1S/C9H10ClF3N2O3S/c1-14-4-6(19(10,17)18)3-7(14)8(16)15(2)5-9(11,12)13/h3-4H,5H2,1-2H3. The molecular weight excluding hydrogens is 309 g/mol. The Morgan fingerprint density at radius 3 is 2.37 bits per heavy atom. The second-order valence-corrected chi connectivity index (χ2v) is 6.45. The maximum absolute atomic E-state index is 12.2. The molecule has 10 heteroatoms. The smallest absolute Gasteiger partial charge is 0.345 e. The Morgan fingerprint density at radius 1 is 1.47 bits per heavy atom. The fourth-order valence-electron chi connectivity index (χ4n) is 1.42. The zero-order chi connectivity index (χ0) is 15.0. The summed E-state index contributed by atoms with van der Waals surface area (Å²) in [6, 6.07) is 0.928. The summed E-state index contributed by atoms with van der Waals surface area (Å²) in [5, 5.41) is 0. The van der Waals surface area contributed by atoms with Gasteiger partial charge in [-0.2, -0.15) is 13.2 Å². The molecule has 0 bridgehead atoms. The van der Waals surface area contributed by atoms with Crippen LogP contribution in [0.25, 0.3) is 0 Å². The molecule has 1 aromatic heterocycles. The van der Waals surface area contributed by atoms with Crippen molar-refractivity contribution in [1.29, 1.82) is 0 Å². The quantitative estimate of drug-likeness (QED) is 0.795. The van der Waals surface area contributed by atoms with Crippen LogP contribution in [0.1, 0.15) is 10.5 Å². The van der Waals surface area contributed by atoms with Gasteiger partial charge in [-0.1, -0.05) is 0 Å². The van der Waals surface area contributed by atoms with Crippen molar-refractivity contribution in [3.05, 3.63) is 18.0 Å². The molecule has 0 saturated carbocycles. The molecule has 0 spiro atoms. The molecule has 1 rings (SSSR count). The number of hydrogen-bond donors (Lipinski definition) is 0. The molecule has 1 heterocycles. The average Bonchev–Trinajstić information content (AvgIpc) is 2.56. The van der Waals surface area contributed by atoms with Gasteiger partial charge < -0.3 is 9.47 Å². The topological polar surface area (TPSA) is 59.4 Å². The molecule has 0 N–H and O–H groups in total. The van der Waals surface area contributed by atoms with Crippen molar-refractivity contribution >= 4 is 25.6 Å². The van der Waals surface area contributed by atoms with E-state index < -0.39 is 27.7 Å². The maximum atomic E-state index is 12.2. The van der Waals surface area contributed by atoms with Crippen LogP contribution < -0.4 is 0 Å². The summed E-state index contributed by atoms with van der Waals surface area (Å²) < 4.78 is 59.7. The van der Waals surface area contributed by atoms with Crippen molar-refractivity contribution in [3.8, 4) is 0 Å². The lowest BCUT2D eigenvalue weighted by Gasteiger charge is -2.18. The van der Waals surface area contributed by atoms with Crippen LogP contribution in [0.2, 0.25) is 0 Å². The highest BCUT2D eigenvalue weighted by Crippen LogP contribution is 2.20. The number of carbonyl (C=O) groups is 1. The minimum atomic E-state index is -4.53. The Labute approximate surface area is 112 Å². The molecule has 0 radical (unpaired) electrons. The van der Waals surface area contributed by atoms with Gasteiger partial charge in [0.15, 0.2) is 0 Å². The monoisotopic (exact) mass is 318 g/mol. The van der Waals surface area contributed by atoms with Crippen molar-refractivity contribution in [2.45, 2.75) is 11.1 Å². The van der Waals surface area contributed by atoms with Crippen molar-refractivity contribution in [2.24, 2.45) is 7.05 Å². The molecule has 0 aliphatic carbocycles. The Morgan fingerprint density at radius 2 is 2.00 bits per heavy atom. The summed E-state index contributed by atoms with van der Waals surface area (Å²) in [5.74, 6) is -0.952. The number of amides is 1. The van der Waals surface area contributed by atoms with Gasteiger partial charge >= 0.3 is 6.18 Å². The summed E-state index contributed by atoms with van der Waals surface area (Å²) in [5.41, 5.74) is -0.203. The lowest BCUT2D eigenvalue weighted by Crippen LogP contribution is -2.36. The third-order valence-corrected chi connectivity index (χ3v) is 3.56. The summed E-state index contributed by atoms with van der Waals surface area (Å²) in [6.07, 6.45) is -3.48. The normalized spacial score (nSPS) is 12.5. The van der Waals surface area contributed by atoms with Crippen LogP contribution in [-0.2, 0) is 16.1 Å². The van der Waals surface area contributed by atoms with Crippen LogP contribution in [0.3, 0.4) is 0 Å². The Balaban J connectivity index is 3.04. The first-order chi connectivity index (χ1) is 8.42. The minimum absolute atomic E-state index is 0.203. The largest absolute Gasteiger partial charge is 0.406 e. The van der Waals surface area contributed by atoms with Gasteiger partial charge in [0.1, 0.15) is 17.1 Å².